The quantitative estimate of drug-likeness (QED) is 0.397. The summed E-state index contributed by atoms with van der Waals surface area (Å²) in [6, 6.07) is 3.03. The van der Waals surface area contributed by atoms with Crippen LogP contribution < -0.4 is 15.4 Å². The Morgan fingerprint density at radius 1 is 1.18 bits per heavy atom. The molecule has 2 saturated heterocycles. The number of hydrogen-bond donors (Lipinski definition) is 4. The topological polar surface area (TPSA) is 141 Å². The Labute approximate surface area is 238 Å². The van der Waals surface area contributed by atoms with Gasteiger partial charge in [0.25, 0.3) is 5.91 Å². The molecule has 2 aliphatic heterocycles. The fourth-order valence-corrected chi connectivity index (χ4v) is 7.15. The number of hydrogen-bond acceptors (Lipinski definition) is 5. The SMILES string of the molecule is COc1cc(Cl)cc2[nH]c(C(=O)N3CC4(CCCCC4)CC3C(=O)NC(C[C@@H]3CC(C)(C)NC3=O)C(=O)O)cc12. The van der Waals surface area contributed by atoms with Gasteiger partial charge in [0.15, 0.2) is 0 Å². The van der Waals surface area contributed by atoms with Crippen molar-refractivity contribution in [2.75, 3.05) is 13.7 Å². The molecule has 216 valence electrons. The molecule has 1 aromatic heterocycles. The number of aliphatic carboxylic acids is 1. The van der Waals surface area contributed by atoms with E-state index in [1.54, 1.807) is 23.1 Å². The number of amides is 3. The number of rotatable bonds is 7. The molecular formula is C29H37ClN4O6. The number of benzene rings is 1. The minimum absolute atomic E-state index is 0.00921. The van der Waals surface area contributed by atoms with Crippen LogP contribution in [0.15, 0.2) is 18.2 Å². The second kappa shape index (κ2) is 10.6. The van der Waals surface area contributed by atoms with Crippen LogP contribution >= 0.6 is 11.6 Å². The van der Waals surface area contributed by atoms with Gasteiger partial charge >= 0.3 is 5.97 Å². The Bertz CT molecular complexity index is 1350. The van der Waals surface area contributed by atoms with Crippen molar-refractivity contribution >= 4 is 46.2 Å². The molecule has 3 atom stereocenters. The van der Waals surface area contributed by atoms with Crippen molar-refractivity contribution in [1.29, 1.82) is 0 Å². The molecule has 1 saturated carbocycles. The number of nitrogens with one attached hydrogen (secondary N) is 3. The standard InChI is InChI=1S/C29H37ClN4O6/c1-28(2)13-16(24(35)33-28)9-21(27(38)39)32-25(36)22-14-29(7-5-4-6-8-29)15-34(22)26(37)20-12-18-19(31-20)10-17(30)11-23(18)40-3/h10-12,16,21-22,31H,4-9,13-15H2,1-3H3,(H,32,36)(H,33,35)(H,38,39)/t16-,21?,22?/m1/s1. The van der Waals surface area contributed by atoms with Gasteiger partial charge in [0, 0.05) is 28.4 Å². The second-order valence-corrected chi connectivity index (χ2v) is 12.8. The third kappa shape index (κ3) is 5.50. The van der Waals surface area contributed by atoms with Gasteiger partial charge in [0.05, 0.1) is 12.6 Å². The number of carboxylic acids is 1. The minimum Gasteiger partial charge on any atom is -0.496 e. The van der Waals surface area contributed by atoms with Crippen LogP contribution in [0.1, 0.15) is 75.7 Å². The van der Waals surface area contributed by atoms with Crippen LogP contribution in [-0.2, 0) is 14.4 Å². The van der Waals surface area contributed by atoms with Gasteiger partial charge in [-0.15, -0.1) is 0 Å². The molecule has 3 heterocycles. The maximum absolute atomic E-state index is 13.9. The van der Waals surface area contributed by atoms with E-state index in [1.165, 1.54) is 7.11 Å². The van der Waals surface area contributed by atoms with E-state index >= 15 is 0 Å². The van der Waals surface area contributed by atoms with E-state index < -0.39 is 35.4 Å². The van der Waals surface area contributed by atoms with Crippen LogP contribution in [-0.4, -0.2) is 70.0 Å². The summed E-state index contributed by atoms with van der Waals surface area (Å²) in [7, 11) is 1.53. The smallest absolute Gasteiger partial charge is 0.326 e. The first kappa shape index (κ1) is 28.3. The second-order valence-electron chi connectivity index (χ2n) is 12.4. The van der Waals surface area contributed by atoms with Crippen LogP contribution in [0.25, 0.3) is 10.9 Å². The Hall–Kier alpha value is -3.27. The molecule has 3 amide bonds. The van der Waals surface area contributed by atoms with Gasteiger partial charge in [-0.3, -0.25) is 14.4 Å². The number of H-pyrrole nitrogens is 1. The number of carboxylic acid groups (broad SMARTS) is 1. The Morgan fingerprint density at radius 3 is 2.52 bits per heavy atom. The summed E-state index contributed by atoms with van der Waals surface area (Å²) in [6.45, 7) is 4.20. The van der Waals surface area contributed by atoms with Gasteiger partial charge in [-0.2, -0.15) is 0 Å². The van der Waals surface area contributed by atoms with Crippen LogP contribution in [0.3, 0.4) is 0 Å². The summed E-state index contributed by atoms with van der Waals surface area (Å²) >= 11 is 6.22. The number of carbonyl (C=O) groups is 4. The summed E-state index contributed by atoms with van der Waals surface area (Å²) in [4.78, 5) is 57.0. The highest BCUT2D eigenvalue weighted by Gasteiger charge is 2.50. The van der Waals surface area contributed by atoms with E-state index in [2.05, 4.69) is 15.6 Å². The zero-order chi connectivity index (χ0) is 28.8. The molecule has 0 radical (unpaired) electrons. The zero-order valence-corrected chi connectivity index (χ0v) is 23.9. The number of methoxy groups -OCH3 is 1. The zero-order valence-electron chi connectivity index (χ0n) is 23.1. The predicted octanol–water partition coefficient (Wildman–Crippen LogP) is 3.87. The van der Waals surface area contributed by atoms with Crippen molar-refractivity contribution in [1.82, 2.24) is 20.5 Å². The van der Waals surface area contributed by atoms with E-state index in [0.717, 1.165) is 32.1 Å². The van der Waals surface area contributed by atoms with E-state index in [4.69, 9.17) is 16.3 Å². The highest BCUT2D eigenvalue weighted by Crippen LogP contribution is 2.47. The monoisotopic (exact) mass is 572 g/mol. The van der Waals surface area contributed by atoms with Gasteiger partial charge < -0.3 is 30.4 Å². The lowest BCUT2D eigenvalue weighted by Crippen LogP contribution is -2.51. The van der Waals surface area contributed by atoms with Crippen molar-refractivity contribution in [3.63, 3.8) is 0 Å². The molecule has 4 N–H and O–H groups in total. The third-order valence-corrected chi connectivity index (χ3v) is 9.04. The van der Waals surface area contributed by atoms with E-state index in [1.807, 2.05) is 13.8 Å². The molecular weight excluding hydrogens is 536 g/mol. The molecule has 2 aromatic rings. The Kier molecular flexibility index (Phi) is 7.50. The van der Waals surface area contributed by atoms with Crippen molar-refractivity contribution in [2.24, 2.45) is 11.3 Å². The maximum Gasteiger partial charge on any atom is 0.326 e. The lowest BCUT2D eigenvalue weighted by molar-refractivity contribution is -0.143. The molecule has 2 unspecified atom stereocenters. The molecule has 0 bridgehead atoms. The maximum atomic E-state index is 13.9. The van der Waals surface area contributed by atoms with Gasteiger partial charge in [-0.1, -0.05) is 30.9 Å². The van der Waals surface area contributed by atoms with Gasteiger partial charge in [0.1, 0.15) is 23.5 Å². The molecule has 1 aliphatic carbocycles. The third-order valence-electron chi connectivity index (χ3n) is 8.83. The van der Waals surface area contributed by atoms with Crippen molar-refractivity contribution < 1.29 is 29.0 Å². The average molecular weight is 573 g/mol. The largest absolute Gasteiger partial charge is 0.496 e. The summed E-state index contributed by atoms with van der Waals surface area (Å²) < 4.78 is 5.44. The summed E-state index contributed by atoms with van der Waals surface area (Å²) in [5, 5.41) is 16.7. The van der Waals surface area contributed by atoms with Crippen LogP contribution in [0.5, 0.6) is 5.75 Å². The lowest BCUT2D eigenvalue weighted by atomic mass is 9.72. The summed E-state index contributed by atoms with van der Waals surface area (Å²) in [5.74, 6) is -2.23. The molecule has 11 heteroatoms. The number of nitrogens with zero attached hydrogens (tertiary/aromatic N) is 1. The molecule has 1 spiro atoms. The summed E-state index contributed by atoms with van der Waals surface area (Å²) in [6.07, 6.45) is 5.96. The highest BCUT2D eigenvalue weighted by molar-refractivity contribution is 6.31. The molecule has 1 aromatic carbocycles. The number of carbonyl (C=O) groups excluding carboxylic acids is 3. The van der Waals surface area contributed by atoms with Gasteiger partial charge in [-0.25, -0.2) is 4.79 Å². The van der Waals surface area contributed by atoms with Gasteiger partial charge in [-0.05, 0) is 69.6 Å². The van der Waals surface area contributed by atoms with Crippen molar-refractivity contribution in [2.45, 2.75) is 82.8 Å². The number of aromatic nitrogens is 1. The first-order valence-corrected chi connectivity index (χ1v) is 14.3. The number of aromatic amines is 1. The van der Waals surface area contributed by atoms with Crippen LogP contribution in [0.4, 0.5) is 0 Å². The highest BCUT2D eigenvalue weighted by atomic mass is 35.5. The molecule has 3 aliphatic rings. The van der Waals surface area contributed by atoms with E-state index in [-0.39, 0.29) is 23.7 Å². The average Bonchev–Trinajstić information content (AvgIpc) is 3.56. The Morgan fingerprint density at radius 2 is 1.90 bits per heavy atom. The molecule has 40 heavy (non-hydrogen) atoms. The molecule has 3 fully saturated rings. The first-order valence-electron chi connectivity index (χ1n) is 13.9. The van der Waals surface area contributed by atoms with E-state index in [0.29, 0.717) is 46.8 Å². The minimum atomic E-state index is -1.24. The fraction of sp³-hybridized carbons (Fsp3) is 0.586. The van der Waals surface area contributed by atoms with Crippen LogP contribution in [0, 0.1) is 11.3 Å². The number of likely N-dealkylation sites (tertiary alicyclic amines) is 1. The Balaban J connectivity index is 1.40. The number of ether oxygens (including phenoxy) is 1. The van der Waals surface area contributed by atoms with Crippen molar-refractivity contribution in [3.05, 3.63) is 28.9 Å². The van der Waals surface area contributed by atoms with Gasteiger partial charge in [0.2, 0.25) is 11.8 Å². The molecule has 5 rings (SSSR count). The number of fused-ring (bicyclic) bond motifs is 1. The predicted molar refractivity (Wildman–Crippen MR) is 149 cm³/mol. The van der Waals surface area contributed by atoms with E-state index in [9.17, 15) is 24.3 Å². The fourth-order valence-electron chi connectivity index (χ4n) is 6.94. The number of halogens is 1. The first-order chi connectivity index (χ1) is 18.9. The molecule has 10 nitrogen and oxygen atoms in total. The normalized spacial score (nSPS) is 24.2. The van der Waals surface area contributed by atoms with Crippen LogP contribution in [0.2, 0.25) is 5.02 Å². The lowest BCUT2D eigenvalue weighted by Gasteiger charge is -2.32. The van der Waals surface area contributed by atoms with Crippen molar-refractivity contribution in [3.8, 4) is 5.75 Å². The summed E-state index contributed by atoms with van der Waals surface area (Å²) in [5.41, 5.74) is 0.338.